The number of rotatable bonds is 8. The molecule has 0 saturated heterocycles. The molecular formula is C23H24N2O5S. The molecule has 0 aliphatic heterocycles. The van der Waals surface area contributed by atoms with Crippen LogP contribution in [0, 0.1) is 5.41 Å². The number of benzene rings is 2. The molecule has 162 valence electrons. The molecule has 8 heteroatoms. The fourth-order valence-electron chi connectivity index (χ4n) is 2.50. The normalized spacial score (nSPS) is 11.2. The lowest BCUT2D eigenvalue weighted by atomic mass is 9.91. The summed E-state index contributed by atoms with van der Waals surface area (Å²) in [6, 6.07) is 14.4. The first-order chi connectivity index (χ1) is 14.8. The molecule has 3 rings (SSSR count). The molecule has 0 aliphatic rings. The zero-order valence-electron chi connectivity index (χ0n) is 17.9. The maximum Gasteiger partial charge on any atom is 0.339 e. The molecule has 0 bridgehead atoms. The van der Waals surface area contributed by atoms with Crippen LogP contribution in [0.25, 0.3) is 11.4 Å². The van der Waals surface area contributed by atoms with E-state index in [9.17, 15) is 9.59 Å². The molecule has 0 spiro atoms. The first-order valence-electron chi connectivity index (χ1n) is 9.67. The number of ether oxygens (including phenoxy) is 2. The van der Waals surface area contributed by atoms with Crippen molar-refractivity contribution in [3.05, 3.63) is 60.0 Å². The second-order valence-electron chi connectivity index (χ2n) is 7.77. The van der Waals surface area contributed by atoms with Gasteiger partial charge in [0, 0.05) is 15.9 Å². The average molecular weight is 441 g/mol. The van der Waals surface area contributed by atoms with E-state index in [2.05, 4.69) is 10.1 Å². The highest BCUT2D eigenvalue weighted by atomic mass is 32.2. The van der Waals surface area contributed by atoms with Gasteiger partial charge in [-0.2, -0.15) is 4.98 Å². The monoisotopic (exact) mass is 440 g/mol. The summed E-state index contributed by atoms with van der Waals surface area (Å²) in [6.07, 6.45) is 0. The number of carbonyl (C=O) groups excluding carboxylic acids is 2. The topological polar surface area (TPSA) is 91.5 Å². The lowest BCUT2D eigenvalue weighted by molar-refractivity contribution is -0.129. The van der Waals surface area contributed by atoms with Crippen molar-refractivity contribution in [2.75, 3.05) is 13.7 Å². The second-order valence-corrected chi connectivity index (χ2v) is 8.79. The minimum atomic E-state index is -0.561. The van der Waals surface area contributed by atoms with Gasteiger partial charge >= 0.3 is 5.97 Å². The van der Waals surface area contributed by atoms with E-state index in [4.69, 9.17) is 14.0 Å². The summed E-state index contributed by atoms with van der Waals surface area (Å²) in [4.78, 5) is 29.7. The molecule has 0 fully saturated rings. The van der Waals surface area contributed by atoms with E-state index in [1.54, 1.807) is 40.0 Å². The predicted molar refractivity (Wildman–Crippen MR) is 117 cm³/mol. The Labute approximate surface area is 185 Å². The molecule has 0 unspecified atom stereocenters. The van der Waals surface area contributed by atoms with Gasteiger partial charge in [0.25, 0.3) is 0 Å². The molecule has 0 amide bonds. The van der Waals surface area contributed by atoms with Gasteiger partial charge < -0.3 is 14.0 Å². The average Bonchev–Trinajstić information content (AvgIpc) is 3.24. The van der Waals surface area contributed by atoms with Crippen molar-refractivity contribution in [1.82, 2.24) is 10.1 Å². The van der Waals surface area contributed by atoms with Crippen LogP contribution in [-0.2, 0) is 15.3 Å². The Balaban J connectivity index is 1.64. The summed E-state index contributed by atoms with van der Waals surface area (Å²) in [5.41, 5.74) is 0.645. The summed E-state index contributed by atoms with van der Waals surface area (Å²) in [7, 11) is 1.61. The minimum absolute atomic E-state index is 0.136. The number of esters is 1. The van der Waals surface area contributed by atoms with Crippen molar-refractivity contribution < 1.29 is 23.6 Å². The van der Waals surface area contributed by atoms with E-state index in [1.165, 1.54) is 11.8 Å². The molecule has 0 radical (unpaired) electrons. The molecule has 2 aromatic carbocycles. The number of aromatic nitrogens is 2. The van der Waals surface area contributed by atoms with Crippen molar-refractivity contribution in [2.45, 2.75) is 31.4 Å². The number of Topliss-reactive ketones (excluding diaryl/α,β-unsaturated/α-hetero) is 1. The first-order valence-corrected chi connectivity index (χ1v) is 10.7. The van der Waals surface area contributed by atoms with E-state index in [-0.39, 0.29) is 12.4 Å². The summed E-state index contributed by atoms with van der Waals surface area (Å²) < 4.78 is 15.7. The third-order valence-corrected chi connectivity index (χ3v) is 5.50. The Kier molecular flexibility index (Phi) is 7.12. The van der Waals surface area contributed by atoms with Gasteiger partial charge in [0.05, 0.1) is 18.4 Å². The molecular weight excluding hydrogens is 416 g/mol. The Bertz CT molecular complexity index is 1050. The van der Waals surface area contributed by atoms with E-state index in [1.807, 2.05) is 36.4 Å². The van der Waals surface area contributed by atoms with Crippen LogP contribution in [0.4, 0.5) is 0 Å². The highest BCUT2D eigenvalue weighted by molar-refractivity contribution is 7.98. The van der Waals surface area contributed by atoms with Gasteiger partial charge in [0.1, 0.15) is 5.75 Å². The number of hydrogen-bond donors (Lipinski definition) is 0. The van der Waals surface area contributed by atoms with Crippen LogP contribution in [0.15, 0.2) is 57.9 Å². The van der Waals surface area contributed by atoms with Gasteiger partial charge in [-0.25, -0.2) is 4.79 Å². The quantitative estimate of drug-likeness (QED) is 0.364. The summed E-state index contributed by atoms with van der Waals surface area (Å²) in [5, 5.41) is 4.01. The summed E-state index contributed by atoms with van der Waals surface area (Å²) in [5.74, 6) is 1.37. The fourth-order valence-corrected chi connectivity index (χ4v) is 3.37. The second kappa shape index (κ2) is 9.78. The highest BCUT2D eigenvalue weighted by Crippen LogP contribution is 2.28. The van der Waals surface area contributed by atoms with Crippen molar-refractivity contribution >= 4 is 23.5 Å². The van der Waals surface area contributed by atoms with Gasteiger partial charge in [0.15, 0.2) is 12.4 Å². The van der Waals surface area contributed by atoms with Gasteiger partial charge in [-0.05, 0) is 36.4 Å². The third kappa shape index (κ3) is 5.95. The summed E-state index contributed by atoms with van der Waals surface area (Å²) in [6.45, 7) is 5.11. The molecule has 1 aromatic heterocycles. The number of thioether (sulfide) groups is 1. The minimum Gasteiger partial charge on any atom is -0.497 e. The Morgan fingerprint density at radius 2 is 1.77 bits per heavy atom. The fraction of sp³-hybridized carbons (Fsp3) is 0.304. The zero-order chi connectivity index (χ0) is 22.4. The van der Waals surface area contributed by atoms with Crippen LogP contribution in [-0.4, -0.2) is 35.6 Å². The molecule has 7 nitrogen and oxygen atoms in total. The number of nitrogens with zero attached hydrogens (tertiary/aromatic N) is 2. The molecule has 0 atom stereocenters. The lowest BCUT2D eigenvalue weighted by Crippen LogP contribution is -2.26. The van der Waals surface area contributed by atoms with Crippen molar-refractivity contribution in [1.29, 1.82) is 0 Å². The van der Waals surface area contributed by atoms with Gasteiger partial charge in [-0.15, -0.1) is 11.8 Å². The summed E-state index contributed by atoms with van der Waals surface area (Å²) >= 11 is 1.38. The van der Waals surface area contributed by atoms with E-state index in [0.717, 1.165) is 11.3 Å². The smallest absolute Gasteiger partial charge is 0.339 e. The Morgan fingerprint density at radius 3 is 2.45 bits per heavy atom. The maximum absolute atomic E-state index is 12.5. The largest absolute Gasteiger partial charge is 0.497 e. The van der Waals surface area contributed by atoms with Crippen LogP contribution in [0.1, 0.15) is 37.0 Å². The van der Waals surface area contributed by atoms with Crippen LogP contribution >= 0.6 is 11.8 Å². The molecule has 1 heterocycles. The molecule has 0 saturated carbocycles. The Morgan fingerprint density at radius 1 is 1.06 bits per heavy atom. The van der Waals surface area contributed by atoms with Gasteiger partial charge in [0.2, 0.25) is 11.7 Å². The SMILES string of the molecule is COc1ccc(-c2noc(CSc3ccccc3C(=O)OCC(=O)C(C)(C)C)n2)cc1. The predicted octanol–water partition coefficient (Wildman–Crippen LogP) is 4.81. The number of methoxy groups -OCH3 is 1. The number of hydrogen-bond acceptors (Lipinski definition) is 8. The zero-order valence-corrected chi connectivity index (χ0v) is 18.7. The van der Waals surface area contributed by atoms with Crippen LogP contribution in [0.3, 0.4) is 0 Å². The van der Waals surface area contributed by atoms with Crippen molar-refractivity contribution in [3.63, 3.8) is 0 Å². The van der Waals surface area contributed by atoms with Crippen molar-refractivity contribution in [3.8, 4) is 17.1 Å². The van der Waals surface area contributed by atoms with Crippen LogP contribution in [0.2, 0.25) is 0 Å². The van der Waals surface area contributed by atoms with Gasteiger partial charge in [-0.1, -0.05) is 38.1 Å². The van der Waals surface area contributed by atoms with E-state index in [0.29, 0.717) is 27.9 Å². The van der Waals surface area contributed by atoms with Gasteiger partial charge in [-0.3, -0.25) is 4.79 Å². The third-order valence-electron chi connectivity index (χ3n) is 4.45. The number of ketones is 1. The van der Waals surface area contributed by atoms with Crippen molar-refractivity contribution in [2.24, 2.45) is 5.41 Å². The van der Waals surface area contributed by atoms with E-state index < -0.39 is 11.4 Å². The lowest BCUT2D eigenvalue weighted by Gasteiger charge is -2.16. The highest BCUT2D eigenvalue weighted by Gasteiger charge is 2.23. The van der Waals surface area contributed by atoms with E-state index >= 15 is 0 Å². The van der Waals surface area contributed by atoms with Crippen LogP contribution in [0.5, 0.6) is 5.75 Å². The Hall–Kier alpha value is -3.13. The molecule has 0 aliphatic carbocycles. The standard InChI is InChI=1S/C23H24N2O5S/c1-23(2,3)19(26)13-29-22(27)17-7-5-6-8-18(17)31-14-20-24-21(25-30-20)15-9-11-16(28-4)12-10-15/h5-12H,13-14H2,1-4H3. The molecule has 3 aromatic rings. The van der Waals surface area contributed by atoms with Crippen LogP contribution < -0.4 is 4.74 Å². The molecule has 31 heavy (non-hydrogen) atoms. The number of carbonyl (C=O) groups is 2. The molecule has 0 N–H and O–H groups in total. The first kappa shape index (κ1) is 22.6. The maximum atomic E-state index is 12.5.